The lowest BCUT2D eigenvalue weighted by atomic mass is 10.00. The molecule has 32 heavy (non-hydrogen) atoms. The van der Waals surface area contributed by atoms with Crippen molar-refractivity contribution in [1.82, 2.24) is 9.80 Å². The van der Waals surface area contributed by atoms with Gasteiger partial charge in [0.05, 0.1) is 5.69 Å². The van der Waals surface area contributed by atoms with E-state index in [0.717, 1.165) is 31.5 Å². The number of amides is 2. The maximum Gasteiger partial charge on any atom is 0.322 e. The second-order valence-electron chi connectivity index (χ2n) is 8.72. The lowest BCUT2D eigenvalue weighted by Gasteiger charge is -2.40. The molecule has 0 saturated carbocycles. The van der Waals surface area contributed by atoms with Crippen molar-refractivity contribution in [2.75, 3.05) is 23.6 Å². The molecular weight excluding hydrogens is 404 g/mol. The fraction of sp³-hybridized carbons (Fsp3) is 0.480. The first-order chi connectivity index (χ1) is 15.4. The zero-order valence-electron chi connectivity index (χ0n) is 19.3. The number of likely N-dealkylation sites (tertiary alicyclic amines) is 1. The van der Waals surface area contributed by atoms with Crippen LogP contribution in [0.3, 0.4) is 0 Å². The van der Waals surface area contributed by atoms with Crippen LogP contribution in [0.2, 0.25) is 0 Å². The van der Waals surface area contributed by atoms with Gasteiger partial charge in [0.15, 0.2) is 0 Å². The Labute approximate surface area is 191 Å². The number of rotatable bonds is 8. The summed E-state index contributed by atoms with van der Waals surface area (Å²) in [4.78, 5) is 17.8. The van der Waals surface area contributed by atoms with E-state index < -0.39 is 0 Å². The molecule has 3 rings (SSSR count). The maximum absolute atomic E-state index is 13.3. The van der Waals surface area contributed by atoms with E-state index in [1.54, 1.807) is 19.1 Å². The first-order valence-corrected chi connectivity index (χ1v) is 11.5. The number of aryl methyl sites for hydroxylation is 1. The predicted molar refractivity (Wildman–Crippen MR) is 129 cm³/mol. The van der Waals surface area contributed by atoms with Crippen LogP contribution in [0.1, 0.15) is 50.7 Å². The highest BCUT2D eigenvalue weighted by atomic mass is 16.8. The largest absolute Gasteiger partial charge is 0.733 e. The molecule has 1 aliphatic heterocycles. The van der Waals surface area contributed by atoms with Gasteiger partial charge in [-0.15, -0.1) is 0 Å². The molecule has 0 radical (unpaired) electrons. The van der Waals surface area contributed by atoms with Crippen molar-refractivity contribution < 1.29 is 10.0 Å². The van der Waals surface area contributed by atoms with Crippen LogP contribution in [0, 0.1) is 12.1 Å². The second kappa shape index (κ2) is 11.3. The van der Waals surface area contributed by atoms with Crippen molar-refractivity contribution in [1.29, 1.82) is 0 Å². The van der Waals surface area contributed by atoms with Crippen LogP contribution >= 0.6 is 0 Å². The van der Waals surface area contributed by atoms with Gasteiger partial charge in [-0.05, 0) is 56.4 Å². The molecule has 7 heteroatoms. The molecule has 1 atom stereocenters. The standard InChI is InChI=1S/C25H35N4O3/c1-4-8-20(3)27-15-13-23(14-16-27)28(18-21-9-6-5-7-10-21)25(30)26-22-12-11-19(2)24(17-22)29(31)32/h5-7,9-12,17,20,23,31H,4,8,13-16,18H2,1-3H3,(H,26,30)/q-1. The predicted octanol–water partition coefficient (Wildman–Crippen LogP) is 5.38. The highest BCUT2D eigenvalue weighted by Crippen LogP contribution is 2.25. The van der Waals surface area contributed by atoms with Crippen molar-refractivity contribution in [3.05, 3.63) is 64.9 Å². The molecule has 0 bridgehead atoms. The van der Waals surface area contributed by atoms with Gasteiger partial charge in [-0.1, -0.05) is 49.7 Å². The smallest absolute Gasteiger partial charge is 0.322 e. The fourth-order valence-electron chi connectivity index (χ4n) is 4.47. The molecular formula is C25H35N4O3-. The summed E-state index contributed by atoms with van der Waals surface area (Å²) < 4.78 is 0. The number of carbonyl (C=O) groups is 1. The number of hydrogen-bond donors (Lipinski definition) is 2. The highest BCUT2D eigenvalue weighted by molar-refractivity contribution is 5.90. The van der Waals surface area contributed by atoms with Crippen molar-refractivity contribution in [3.8, 4) is 0 Å². The average Bonchev–Trinajstić information content (AvgIpc) is 2.79. The van der Waals surface area contributed by atoms with E-state index in [1.807, 2.05) is 35.2 Å². The molecule has 2 aromatic rings. The Bertz CT molecular complexity index is 867. The van der Waals surface area contributed by atoms with Crippen LogP contribution in [0.4, 0.5) is 16.2 Å². The van der Waals surface area contributed by atoms with Crippen LogP contribution in [0.15, 0.2) is 48.5 Å². The molecule has 1 fully saturated rings. The van der Waals surface area contributed by atoms with E-state index in [0.29, 0.717) is 23.8 Å². The van der Waals surface area contributed by atoms with Crippen molar-refractivity contribution in [2.45, 2.75) is 65.1 Å². The second-order valence-corrected chi connectivity index (χ2v) is 8.72. The Hall–Kier alpha value is -2.61. The summed E-state index contributed by atoms with van der Waals surface area (Å²) in [6.07, 6.45) is 4.23. The number of benzene rings is 2. The molecule has 174 valence electrons. The number of carbonyl (C=O) groups excluding carboxylic acids is 1. The minimum absolute atomic E-state index is 0.121. The van der Waals surface area contributed by atoms with Crippen molar-refractivity contribution in [3.63, 3.8) is 0 Å². The van der Waals surface area contributed by atoms with E-state index >= 15 is 0 Å². The third-order valence-corrected chi connectivity index (χ3v) is 6.39. The van der Waals surface area contributed by atoms with Crippen LogP contribution < -0.4 is 10.5 Å². The zero-order valence-corrected chi connectivity index (χ0v) is 19.3. The Morgan fingerprint density at radius 3 is 2.53 bits per heavy atom. The topological polar surface area (TPSA) is 82.1 Å². The van der Waals surface area contributed by atoms with Gasteiger partial charge in [0.1, 0.15) is 0 Å². The molecule has 2 amide bonds. The zero-order chi connectivity index (χ0) is 23.1. The quantitative estimate of drug-likeness (QED) is 0.540. The average molecular weight is 440 g/mol. The molecule has 2 N–H and O–H groups in total. The van der Waals surface area contributed by atoms with Crippen molar-refractivity contribution in [2.24, 2.45) is 0 Å². The molecule has 1 heterocycles. The Morgan fingerprint density at radius 2 is 1.91 bits per heavy atom. The summed E-state index contributed by atoms with van der Waals surface area (Å²) >= 11 is 0. The monoisotopic (exact) mass is 439 g/mol. The molecule has 1 aliphatic rings. The lowest BCUT2D eigenvalue weighted by Crippen LogP contribution is -2.50. The van der Waals surface area contributed by atoms with E-state index in [1.165, 1.54) is 18.9 Å². The summed E-state index contributed by atoms with van der Waals surface area (Å²) in [5.41, 5.74) is 2.32. The van der Waals surface area contributed by atoms with Gasteiger partial charge in [-0.3, -0.25) is 5.21 Å². The molecule has 7 nitrogen and oxygen atoms in total. The number of nitrogens with one attached hydrogen (secondary N) is 1. The van der Waals surface area contributed by atoms with Crippen LogP contribution in [-0.2, 0) is 6.54 Å². The first-order valence-electron chi connectivity index (χ1n) is 11.5. The SMILES string of the molecule is CCCC(C)N1CCC(N(Cc2ccccc2)C(=O)Nc2ccc(C)c(N([O-])O)c2)CC1. The van der Waals surface area contributed by atoms with Gasteiger partial charge in [0.2, 0.25) is 0 Å². The summed E-state index contributed by atoms with van der Waals surface area (Å²) in [6, 6.07) is 15.5. The Balaban J connectivity index is 1.74. The van der Waals surface area contributed by atoms with Crippen LogP contribution in [0.5, 0.6) is 0 Å². The van der Waals surface area contributed by atoms with Gasteiger partial charge in [0.25, 0.3) is 0 Å². The normalized spacial score (nSPS) is 15.9. The maximum atomic E-state index is 13.3. The summed E-state index contributed by atoms with van der Waals surface area (Å²) in [5, 5.41) is 23.5. The molecule has 2 aromatic carbocycles. The van der Waals surface area contributed by atoms with E-state index in [-0.39, 0.29) is 23.0 Å². The third kappa shape index (κ3) is 6.22. The highest BCUT2D eigenvalue weighted by Gasteiger charge is 2.29. The van der Waals surface area contributed by atoms with Gasteiger partial charge >= 0.3 is 6.03 Å². The van der Waals surface area contributed by atoms with Gasteiger partial charge in [-0.2, -0.15) is 0 Å². The summed E-state index contributed by atoms with van der Waals surface area (Å²) in [6.45, 7) is 8.72. The fourth-order valence-corrected chi connectivity index (χ4v) is 4.47. The minimum atomic E-state index is -0.195. The van der Waals surface area contributed by atoms with Gasteiger partial charge < -0.3 is 25.6 Å². The Kier molecular flexibility index (Phi) is 8.50. The molecule has 1 saturated heterocycles. The molecule has 0 spiro atoms. The minimum Gasteiger partial charge on any atom is -0.733 e. The Morgan fingerprint density at radius 1 is 1.22 bits per heavy atom. The van der Waals surface area contributed by atoms with E-state index in [2.05, 4.69) is 24.1 Å². The molecule has 0 aromatic heterocycles. The molecule has 0 aliphatic carbocycles. The number of hydrogen-bond acceptors (Lipinski definition) is 5. The number of urea groups is 1. The number of piperidine rings is 1. The summed E-state index contributed by atoms with van der Waals surface area (Å²) in [5.74, 6) is 0. The third-order valence-electron chi connectivity index (χ3n) is 6.39. The first kappa shape index (κ1) is 24.0. The van der Waals surface area contributed by atoms with Gasteiger partial charge in [0, 0.05) is 37.4 Å². The van der Waals surface area contributed by atoms with Crippen molar-refractivity contribution >= 4 is 17.4 Å². The number of nitrogens with zero attached hydrogens (tertiary/aromatic N) is 3. The van der Waals surface area contributed by atoms with E-state index in [4.69, 9.17) is 0 Å². The van der Waals surface area contributed by atoms with E-state index in [9.17, 15) is 15.2 Å². The van der Waals surface area contributed by atoms with Gasteiger partial charge in [-0.25, -0.2) is 4.79 Å². The number of anilines is 2. The molecule has 1 unspecified atom stereocenters. The van der Waals surface area contributed by atoms with Crippen LogP contribution in [0.25, 0.3) is 0 Å². The summed E-state index contributed by atoms with van der Waals surface area (Å²) in [7, 11) is 0. The lowest BCUT2D eigenvalue weighted by molar-refractivity contribution is 0.0989. The van der Waals surface area contributed by atoms with Crippen LogP contribution in [-0.4, -0.2) is 46.2 Å².